The maximum Gasteiger partial charge on any atom is 0.137 e. The minimum atomic E-state index is -0.264. The zero-order valence-corrected chi connectivity index (χ0v) is 13.6. The number of aromatic amines is 1. The number of benzene rings is 1. The van der Waals surface area contributed by atoms with E-state index in [1.54, 1.807) is 30.9 Å². The van der Waals surface area contributed by atoms with Gasteiger partial charge < -0.3 is 4.42 Å². The van der Waals surface area contributed by atoms with Crippen LogP contribution in [0.25, 0.3) is 39.3 Å². The number of hydrogen-bond acceptors (Lipinski definition) is 3. The van der Waals surface area contributed by atoms with Crippen molar-refractivity contribution >= 4 is 5.65 Å². The van der Waals surface area contributed by atoms with Gasteiger partial charge in [0.05, 0.1) is 36.3 Å². The van der Waals surface area contributed by atoms with Crippen LogP contribution < -0.4 is 0 Å². The number of H-pyrrole nitrogens is 1. The van der Waals surface area contributed by atoms with Crippen molar-refractivity contribution in [2.75, 3.05) is 0 Å². The van der Waals surface area contributed by atoms with Crippen molar-refractivity contribution in [3.63, 3.8) is 0 Å². The van der Waals surface area contributed by atoms with Crippen molar-refractivity contribution in [1.29, 1.82) is 0 Å². The molecular weight excluding hydrogens is 331 g/mol. The highest BCUT2D eigenvalue weighted by molar-refractivity contribution is 5.81. The Bertz CT molecular complexity index is 1190. The number of hydrogen-bond donors (Lipinski definition) is 1. The highest BCUT2D eigenvalue weighted by atomic mass is 19.1. The SMILES string of the molecule is Fc1ccc(-c2[nH]ncc2-c2ccc3ncc(-c4ccoc4)n3c2)cc1. The van der Waals surface area contributed by atoms with Crippen LogP contribution in [-0.4, -0.2) is 19.6 Å². The Balaban J connectivity index is 1.65. The number of aromatic nitrogens is 4. The highest BCUT2D eigenvalue weighted by Gasteiger charge is 2.13. The number of rotatable bonds is 3. The number of furan rings is 1. The summed E-state index contributed by atoms with van der Waals surface area (Å²) >= 11 is 0. The number of nitrogens with zero attached hydrogens (tertiary/aromatic N) is 3. The molecule has 0 unspecified atom stereocenters. The molecule has 6 heteroatoms. The van der Waals surface area contributed by atoms with Gasteiger partial charge in [0.2, 0.25) is 0 Å². The first-order valence-corrected chi connectivity index (χ1v) is 8.09. The van der Waals surface area contributed by atoms with Gasteiger partial charge in [-0.25, -0.2) is 9.37 Å². The molecule has 0 aliphatic carbocycles. The molecule has 1 N–H and O–H groups in total. The molecule has 126 valence electrons. The molecule has 0 spiro atoms. The third-order valence-corrected chi connectivity index (χ3v) is 4.41. The number of nitrogens with one attached hydrogen (secondary N) is 1. The van der Waals surface area contributed by atoms with Crippen molar-refractivity contribution in [3.8, 4) is 33.6 Å². The Hall–Kier alpha value is -3.67. The van der Waals surface area contributed by atoms with Crippen molar-refractivity contribution in [2.24, 2.45) is 0 Å². The number of fused-ring (bicyclic) bond motifs is 1. The van der Waals surface area contributed by atoms with Gasteiger partial charge in [0, 0.05) is 28.5 Å². The quantitative estimate of drug-likeness (QED) is 0.512. The summed E-state index contributed by atoms with van der Waals surface area (Å²) in [6.45, 7) is 0. The first-order chi connectivity index (χ1) is 12.8. The van der Waals surface area contributed by atoms with E-state index in [0.29, 0.717) is 0 Å². The van der Waals surface area contributed by atoms with E-state index in [1.807, 2.05) is 35.0 Å². The molecule has 4 heterocycles. The first kappa shape index (κ1) is 14.7. The molecule has 1 aromatic carbocycles. The van der Waals surface area contributed by atoms with Crippen LogP contribution in [0.4, 0.5) is 4.39 Å². The predicted molar refractivity (Wildman–Crippen MR) is 95.9 cm³/mol. The maximum atomic E-state index is 13.2. The molecule has 0 saturated carbocycles. The zero-order chi connectivity index (χ0) is 17.5. The van der Waals surface area contributed by atoms with Crippen LogP contribution in [-0.2, 0) is 0 Å². The van der Waals surface area contributed by atoms with Gasteiger partial charge in [0.15, 0.2) is 0 Å². The predicted octanol–water partition coefficient (Wildman–Crippen LogP) is 4.79. The summed E-state index contributed by atoms with van der Waals surface area (Å²) in [5, 5.41) is 7.19. The third kappa shape index (κ3) is 2.31. The molecule has 0 bridgehead atoms. The molecule has 0 saturated heterocycles. The van der Waals surface area contributed by atoms with E-state index in [0.717, 1.165) is 39.3 Å². The summed E-state index contributed by atoms with van der Waals surface area (Å²) in [5.74, 6) is -0.264. The summed E-state index contributed by atoms with van der Waals surface area (Å²) in [6, 6.07) is 12.2. The molecule has 26 heavy (non-hydrogen) atoms. The van der Waals surface area contributed by atoms with Gasteiger partial charge in [-0.15, -0.1) is 0 Å². The number of pyridine rings is 1. The lowest BCUT2D eigenvalue weighted by Gasteiger charge is -2.06. The van der Waals surface area contributed by atoms with E-state index in [4.69, 9.17) is 4.42 Å². The van der Waals surface area contributed by atoms with Gasteiger partial charge >= 0.3 is 0 Å². The lowest BCUT2D eigenvalue weighted by atomic mass is 10.0. The molecule has 0 aliphatic heterocycles. The second kappa shape index (κ2) is 5.70. The first-order valence-electron chi connectivity index (χ1n) is 8.09. The van der Waals surface area contributed by atoms with Crippen LogP contribution in [0, 0.1) is 5.82 Å². The van der Waals surface area contributed by atoms with Gasteiger partial charge in [-0.2, -0.15) is 5.10 Å². The van der Waals surface area contributed by atoms with E-state index in [2.05, 4.69) is 15.2 Å². The van der Waals surface area contributed by atoms with E-state index < -0.39 is 0 Å². The topological polar surface area (TPSA) is 59.1 Å². The lowest BCUT2D eigenvalue weighted by Crippen LogP contribution is -1.90. The monoisotopic (exact) mass is 344 g/mol. The van der Waals surface area contributed by atoms with Crippen molar-refractivity contribution in [3.05, 3.63) is 79.4 Å². The van der Waals surface area contributed by atoms with Gasteiger partial charge in [-0.05, 0) is 42.5 Å². The van der Waals surface area contributed by atoms with Crippen LogP contribution in [0.1, 0.15) is 0 Å². The molecule has 0 fully saturated rings. The Kier molecular flexibility index (Phi) is 3.21. The fourth-order valence-electron chi connectivity index (χ4n) is 3.11. The zero-order valence-electron chi connectivity index (χ0n) is 13.6. The van der Waals surface area contributed by atoms with Gasteiger partial charge in [-0.3, -0.25) is 9.50 Å². The third-order valence-electron chi connectivity index (χ3n) is 4.41. The van der Waals surface area contributed by atoms with Crippen molar-refractivity contribution in [1.82, 2.24) is 19.6 Å². The summed E-state index contributed by atoms with van der Waals surface area (Å²) in [7, 11) is 0. The fraction of sp³-hybridized carbons (Fsp3) is 0. The van der Waals surface area contributed by atoms with Crippen LogP contribution in [0.2, 0.25) is 0 Å². The minimum absolute atomic E-state index is 0.264. The molecule has 5 rings (SSSR count). The number of imidazole rings is 1. The summed E-state index contributed by atoms with van der Waals surface area (Å²) in [6.07, 6.45) is 8.94. The Morgan fingerprint density at radius 2 is 1.77 bits per heavy atom. The molecule has 0 amide bonds. The van der Waals surface area contributed by atoms with Crippen LogP contribution in [0.3, 0.4) is 0 Å². The van der Waals surface area contributed by atoms with Crippen LogP contribution in [0.5, 0.6) is 0 Å². The van der Waals surface area contributed by atoms with Gasteiger partial charge in [0.1, 0.15) is 11.5 Å². The minimum Gasteiger partial charge on any atom is -0.472 e. The second-order valence-corrected chi connectivity index (χ2v) is 5.97. The molecule has 0 atom stereocenters. The van der Waals surface area contributed by atoms with Crippen molar-refractivity contribution < 1.29 is 8.81 Å². The van der Waals surface area contributed by atoms with Gasteiger partial charge in [-0.1, -0.05) is 0 Å². The normalized spacial score (nSPS) is 11.3. The summed E-state index contributed by atoms with van der Waals surface area (Å²) in [5.41, 5.74) is 6.38. The largest absolute Gasteiger partial charge is 0.472 e. The Morgan fingerprint density at radius 3 is 2.58 bits per heavy atom. The molecule has 5 nitrogen and oxygen atoms in total. The van der Waals surface area contributed by atoms with Crippen LogP contribution >= 0.6 is 0 Å². The highest BCUT2D eigenvalue weighted by Crippen LogP contribution is 2.31. The Labute approximate surface area is 147 Å². The average Bonchev–Trinajstić information content (AvgIpc) is 3.41. The summed E-state index contributed by atoms with van der Waals surface area (Å²) in [4.78, 5) is 4.44. The van der Waals surface area contributed by atoms with E-state index in [-0.39, 0.29) is 5.82 Å². The van der Waals surface area contributed by atoms with Crippen LogP contribution in [0.15, 0.2) is 78.0 Å². The smallest absolute Gasteiger partial charge is 0.137 e. The van der Waals surface area contributed by atoms with E-state index in [9.17, 15) is 4.39 Å². The molecule has 0 aliphatic rings. The van der Waals surface area contributed by atoms with Crippen molar-refractivity contribution in [2.45, 2.75) is 0 Å². The number of halogens is 1. The summed E-state index contributed by atoms with van der Waals surface area (Å²) < 4.78 is 20.4. The Morgan fingerprint density at radius 1 is 0.923 bits per heavy atom. The van der Waals surface area contributed by atoms with E-state index >= 15 is 0 Å². The fourth-order valence-corrected chi connectivity index (χ4v) is 3.11. The lowest BCUT2D eigenvalue weighted by molar-refractivity contribution is 0.568. The second-order valence-electron chi connectivity index (χ2n) is 5.97. The molecular formula is C20H13FN4O. The average molecular weight is 344 g/mol. The van der Waals surface area contributed by atoms with E-state index in [1.165, 1.54) is 12.1 Å². The maximum absolute atomic E-state index is 13.2. The standard InChI is InChI=1S/C20H13FN4O/c21-16-4-1-13(2-5-16)20-17(9-23-24-20)14-3-6-19-22-10-18(25(19)11-14)15-7-8-26-12-15/h1-12H,(H,23,24). The van der Waals surface area contributed by atoms with Gasteiger partial charge in [0.25, 0.3) is 0 Å². The molecule has 0 radical (unpaired) electrons. The molecule has 5 aromatic rings. The molecule has 4 aromatic heterocycles.